The summed E-state index contributed by atoms with van der Waals surface area (Å²) in [5.74, 6) is 1.74. The molecule has 1 unspecified atom stereocenters. The highest BCUT2D eigenvalue weighted by atomic mass is 32.2. The molecule has 0 radical (unpaired) electrons. The van der Waals surface area contributed by atoms with Crippen molar-refractivity contribution in [1.82, 2.24) is 25.5 Å². The Hall–Kier alpha value is -0.660. The summed E-state index contributed by atoms with van der Waals surface area (Å²) in [4.78, 5) is 0. The maximum absolute atomic E-state index is 8.98. The molecule has 1 atom stereocenters. The molecule has 0 spiro atoms. The number of aliphatic hydroxyl groups excluding tert-OH is 1. The van der Waals surface area contributed by atoms with Crippen LogP contribution in [0.25, 0.3) is 0 Å². The number of hydrogen-bond acceptors (Lipinski definition) is 6. The van der Waals surface area contributed by atoms with Crippen molar-refractivity contribution in [2.45, 2.75) is 32.5 Å². The van der Waals surface area contributed by atoms with Crippen molar-refractivity contribution in [2.24, 2.45) is 11.8 Å². The van der Waals surface area contributed by atoms with Crippen LogP contribution in [0, 0.1) is 11.8 Å². The van der Waals surface area contributed by atoms with Gasteiger partial charge in [-0.25, -0.2) is 4.68 Å². The monoisotopic (exact) mass is 273 g/mol. The Morgan fingerprint density at radius 1 is 1.39 bits per heavy atom. The second-order valence-corrected chi connectivity index (χ2v) is 5.87. The molecular weight excluding hydrogens is 250 g/mol. The normalized spacial score (nSPS) is 13.2. The lowest BCUT2D eigenvalue weighted by Crippen LogP contribution is -2.24. The Morgan fingerprint density at radius 2 is 2.17 bits per heavy atom. The maximum Gasteiger partial charge on any atom is 0.209 e. The van der Waals surface area contributed by atoms with Gasteiger partial charge in [-0.05, 0) is 28.8 Å². The lowest BCUT2D eigenvalue weighted by atomic mass is 10.2. The molecule has 0 bridgehead atoms. The second-order valence-electron chi connectivity index (χ2n) is 4.88. The van der Waals surface area contributed by atoms with Crippen molar-refractivity contribution in [3.8, 4) is 0 Å². The third-order valence-corrected chi connectivity index (χ3v) is 3.65. The minimum absolute atomic E-state index is 0.199. The first kappa shape index (κ1) is 15.4. The van der Waals surface area contributed by atoms with Crippen LogP contribution in [0.5, 0.6) is 0 Å². The lowest BCUT2D eigenvalue weighted by Gasteiger charge is -2.09. The Kier molecular flexibility index (Phi) is 7.22. The number of thioether (sulfide) groups is 1. The van der Waals surface area contributed by atoms with E-state index >= 15 is 0 Å². The number of tetrazole rings is 1. The molecule has 0 amide bonds. The van der Waals surface area contributed by atoms with Crippen LogP contribution < -0.4 is 5.32 Å². The quantitative estimate of drug-likeness (QED) is 0.508. The number of aromatic nitrogens is 4. The van der Waals surface area contributed by atoms with Crippen molar-refractivity contribution >= 4 is 11.8 Å². The highest BCUT2D eigenvalue weighted by molar-refractivity contribution is 7.99. The number of hydrogen-bond donors (Lipinski definition) is 2. The summed E-state index contributed by atoms with van der Waals surface area (Å²) in [6.07, 6.45) is 0. The van der Waals surface area contributed by atoms with E-state index in [0.717, 1.165) is 30.5 Å². The van der Waals surface area contributed by atoms with Crippen LogP contribution in [0.3, 0.4) is 0 Å². The summed E-state index contributed by atoms with van der Waals surface area (Å²) in [5.41, 5.74) is 0. The summed E-state index contributed by atoms with van der Waals surface area (Å²) in [7, 11) is 0. The minimum Gasteiger partial charge on any atom is -0.396 e. The van der Waals surface area contributed by atoms with Crippen molar-refractivity contribution in [2.75, 3.05) is 25.4 Å². The second kappa shape index (κ2) is 8.44. The van der Waals surface area contributed by atoms with Crippen LogP contribution >= 0.6 is 11.8 Å². The largest absolute Gasteiger partial charge is 0.396 e. The van der Waals surface area contributed by atoms with Gasteiger partial charge in [0, 0.05) is 18.9 Å². The van der Waals surface area contributed by atoms with Gasteiger partial charge in [-0.3, -0.25) is 0 Å². The smallest absolute Gasteiger partial charge is 0.209 e. The van der Waals surface area contributed by atoms with E-state index in [1.54, 1.807) is 11.8 Å². The van der Waals surface area contributed by atoms with Crippen molar-refractivity contribution in [1.29, 1.82) is 0 Å². The van der Waals surface area contributed by atoms with Crippen molar-refractivity contribution in [3.63, 3.8) is 0 Å². The molecule has 0 saturated carbocycles. The SMILES string of the molecule is CC(C)CNCCn1nnnc1SCC(C)CO. The van der Waals surface area contributed by atoms with Gasteiger partial charge in [0.2, 0.25) is 5.16 Å². The first-order valence-electron chi connectivity index (χ1n) is 6.34. The molecule has 104 valence electrons. The van der Waals surface area contributed by atoms with Gasteiger partial charge in [0.25, 0.3) is 0 Å². The van der Waals surface area contributed by atoms with E-state index in [4.69, 9.17) is 5.11 Å². The Morgan fingerprint density at radius 3 is 2.83 bits per heavy atom. The predicted octanol–water partition coefficient (Wildman–Crippen LogP) is 0.639. The molecule has 0 saturated heterocycles. The zero-order valence-corrected chi connectivity index (χ0v) is 12.2. The van der Waals surface area contributed by atoms with Crippen molar-refractivity contribution in [3.05, 3.63) is 0 Å². The zero-order valence-electron chi connectivity index (χ0n) is 11.3. The van der Waals surface area contributed by atoms with Gasteiger partial charge in [-0.15, -0.1) is 5.10 Å². The molecule has 18 heavy (non-hydrogen) atoms. The standard InChI is InChI=1S/C11H23N5OS/c1-9(2)6-12-4-5-16-11(13-14-15-16)18-8-10(3)7-17/h9-10,12,17H,4-8H2,1-3H3. The van der Waals surface area contributed by atoms with Crippen LogP contribution in [0.2, 0.25) is 0 Å². The topological polar surface area (TPSA) is 75.9 Å². The van der Waals surface area contributed by atoms with Gasteiger partial charge in [0.05, 0.1) is 6.54 Å². The molecule has 1 aromatic heterocycles. The van der Waals surface area contributed by atoms with E-state index in [1.807, 2.05) is 11.6 Å². The van der Waals surface area contributed by atoms with Crippen LogP contribution in [0.1, 0.15) is 20.8 Å². The third kappa shape index (κ3) is 5.79. The average molecular weight is 273 g/mol. The summed E-state index contributed by atoms with van der Waals surface area (Å²) in [6, 6.07) is 0. The van der Waals surface area contributed by atoms with Gasteiger partial charge in [0.15, 0.2) is 0 Å². The Bertz CT molecular complexity index is 331. The number of rotatable bonds is 9. The first-order chi connectivity index (χ1) is 8.63. The van der Waals surface area contributed by atoms with E-state index < -0.39 is 0 Å². The zero-order chi connectivity index (χ0) is 13.4. The third-order valence-electron chi connectivity index (χ3n) is 2.36. The van der Waals surface area contributed by atoms with Gasteiger partial charge < -0.3 is 10.4 Å². The number of aliphatic hydroxyl groups is 1. The van der Waals surface area contributed by atoms with E-state index in [9.17, 15) is 0 Å². The fourth-order valence-corrected chi connectivity index (χ4v) is 2.20. The summed E-state index contributed by atoms with van der Waals surface area (Å²) in [5, 5.41) is 24.8. The molecule has 7 heteroatoms. The molecule has 2 N–H and O–H groups in total. The molecule has 0 aliphatic rings. The highest BCUT2D eigenvalue weighted by Gasteiger charge is 2.08. The Labute approximate surface area is 113 Å². The van der Waals surface area contributed by atoms with Gasteiger partial charge >= 0.3 is 0 Å². The predicted molar refractivity (Wildman–Crippen MR) is 72.5 cm³/mol. The fourth-order valence-electron chi connectivity index (χ4n) is 1.29. The first-order valence-corrected chi connectivity index (χ1v) is 7.32. The molecular formula is C11H23N5OS. The van der Waals surface area contributed by atoms with Crippen molar-refractivity contribution < 1.29 is 5.11 Å². The molecule has 6 nitrogen and oxygen atoms in total. The van der Waals surface area contributed by atoms with Gasteiger partial charge in [-0.1, -0.05) is 32.5 Å². The number of nitrogens with one attached hydrogen (secondary N) is 1. The van der Waals surface area contributed by atoms with Gasteiger partial charge in [-0.2, -0.15) is 0 Å². The van der Waals surface area contributed by atoms with E-state index in [0.29, 0.717) is 5.92 Å². The molecule has 1 rings (SSSR count). The summed E-state index contributed by atoms with van der Waals surface area (Å²) < 4.78 is 1.81. The van der Waals surface area contributed by atoms with E-state index in [2.05, 4.69) is 34.7 Å². The average Bonchev–Trinajstić information content (AvgIpc) is 2.79. The number of nitrogens with zero attached hydrogens (tertiary/aromatic N) is 4. The van der Waals surface area contributed by atoms with Crippen LogP contribution in [0.4, 0.5) is 0 Å². The summed E-state index contributed by atoms with van der Waals surface area (Å²) in [6.45, 7) is 9.22. The molecule has 0 aliphatic heterocycles. The van der Waals surface area contributed by atoms with E-state index in [1.165, 1.54) is 0 Å². The molecule has 1 aromatic rings. The Balaban J connectivity index is 2.31. The van der Waals surface area contributed by atoms with Crippen LogP contribution in [-0.2, 0) is 6.54 Å². The van der Waals surface area contributed by atoms with E-state index in [-0.39, 0.29) is 12.5 Å². The maximum atomic E-state index is 8.98. The lowest BCUT2D eigenvalue weighted by molar-refractivity contribution is 0.250. The van der Waals surface area contributed by atoms with Crippen LogP contribution in [0.15, 0.2) is 5.16 Å². The minimum atomic E-state index is 0.199. The van der Waals surface area contributed by atoms with Gasteiger partial charge in [0.1, 0.15) is 0 Å². The molecule has 0 aromatic carbocycles. The molecule has 0 fully saturated rings. The summed E-state index contributed by atoms with van der Waals surface area (Å²) >= 11 is 1.59. The molecule has 1 heterocycles. The molecule has 0 aliphatic carbocycles. The van der Waals surface area contributed by atoms with Crippen LogP contribution in [-0.4, -0.2) is 50.8 Å². The highest BCUT2D eigenvalue weighted by Crippen LogP contribution is 2.16. The fraction of sp³-hybridized carbons (Fsp3) is 0.909.